The molecule has 0 bridgehead atoms. The van der Waals surface area contributed by atoms with Gasteiger partial charge < -0.3 is 9.63 Å². The molecular formula is C11H16N2O5S. The van der Waals surface area contributed by atoms with Gasteiger partial charge in [-0.15, -0.1) is 0 Å². The Hall–Kier alpha value is -1.41. The highest BCUT2D eigenvalue weighted by Gasteiger charge is 2.40. The third kappa shape index (κ3) is 2.37. The van der Waals surface area contributed by atoms with Gasteiger partial charge >= 0.3 is 5.97 Å². The molecule has 0 aromatic carbocycles. The molecule has 7 nitrogen and oxygen atoms in total. The molecule has 8 heteroatoms. The Morgan fingerprint density at radius 1 is 1.42 bits per heavy atom. The largest absolute Gasteiger partial charge is 0.480 e. The molecule has 1 aromatic rings. The average Bonchev–Trinajstić information content (AvgIpc) is 2.69. The second kappa shape index (κ2) is 4.93. The summed E-state index contributed by atoms with van der Waals surface area (Å²) in [4.78, 5) is 11.2. The molecule has 0 spiro atoms. The van der Waals surface area contributed by atoms with Gasteiger partial charge in [-0.3, -0.25) is 4.79 Å². The highest BCUT2D eigenvalue weighted by Crippen LogP contribution is 2.29. The molecule has 106 valence electrons. The van der Waals surface area contributed by atoms with E-state index < -0.39 is 22.0 Å². The Morgan fingerprint density at radius 2 is 2.11 bits per heavy atom. The van der Waals surface area contributed by atoms with Crippen LogP contribution in [0.2, 0.25) is 0 Å². The van der Waals surface area contributed by atoms with Gasteiger partial charge in [0, 0.05) is 6.54 Å². The van der Waals surface area contributed by atoms with Crippen molar-refractivity contribution in [3.05, 3.63) is 11.5 Å². The van der Waals surface area contributed by atoms with Gasteiger partial charge in [0.15, 0.2) is 5.76 Å². The predicted octanol–water partition coefficient (Wildman–Crippen LogP) is 0.919. The summed E-state index contributed by atoms with van der Waals surface area (Å²) < 4.78 is 31.0. The van der Waals surface area contributed by atoms with E-state index in [0.717, 1.165) is 4.31 Å². The second-order valence-electron chi connectivity index (χ2n) is 4.62. The Balaban J connectivity index is 2.46. The molecule has 1 aromatic heterocycles. The van der Waals surface area contributed by atoms with Crippen LogP contribution in [0.5, 0.6) is 0 Å². The maximum atomic E-state index is 12.6. The molecule has 0 aliphatic carbocycles. The smallest absolute Gasteiger partial charge is 0.322 e. The molecule has 0 amide bonds. The van der Waals surface area contributed by atoms with Crippen LogP contribution in [0, 0.1) is 13.8 Å². The Kier molecular flexibility index (Phi) is 3.64. The number of aryl methyl sites for hydroxylation is 2. The molecule has 1 aliphatic heterocycles. The third-order valence-electron chi connectivity index (χ3n) is 3.27. The summed E-state index contributed by atoms with van der Waals surface area (Å²) in [6, 6.07) is -1.01. The number of nitrogens with zero attached hydrogens (tertiary/aromatic N) is 2. The van der Waals surface area contributed by atoms with Gasteiger partial charge in [-0.25, -0.2) is 8.42 Å². The number of carbonyl (C=O) groups is 1. The summed E-state index contributed by atoms with van der Waals surface area (Å²) in [7, 11) is -3.88. The normalized spacial score (nSPS) is 21.5. The van der Waals surface area contributed by atoms with E-state index in [-0.39, 0.29) is 22.9 Å². The molecule has 1 saturated heterocycles. The van der Waals surface area contributed by atoms with Crippen molar-refractivity contribution in [3.8, 4) is 0 Å². The number of sulfonamides is 1. The molecule has 1 atom stereocenters. The highest BCUT2D eigenvalue weighted by molar-refractivity contribution is 7.89. The summed E-state index contributed by atoms with van der Waals surface area (Å²) >= 11 is 0. The highest BCUT2D eigenvalue weighted by atomic mass is 32.2. The lowest BCUT2D eigenvalue weighted by atomic mass is 10.1. The SMILES string of the molecule is Cc1noc(C)c1S(=O)(=O)N1CCCCC1C(=O)O. The maximum Gasteiger partial charge on any atom is 0.322 e. The number of rotatable bonds is 3. The molecule has 2 heterocycles. The molecular weight excluding hydrogens is 272 g/mol. The maximum absolute atomic E-state index is 12.6. The summed E-state index contributed by atoms with van der Waals surface area (Å²) in [5.74, 6) is -0.928. The number of hydrogen-bond donors (Lipinski definition) is 1. The van der Waals surface area contributed by atoms with E-state index in [4.69, 9.17) is 9.63 Å². The zero-order valence-electron chi connectivity index (χ0n) is 10.8. The van der Waals surface area contributed by atoms with Crippen LogP contribution in [0.4, 0.5) is 0 Å². The van der Waals surface area contributed by atoms with Gasteiger partial charge in [0.25, 0.3) is 0 Å². The lowest BCUT2D eigenvalue weighted by molar-refractivity contribution is -0.142. The fourth-order valence-corrected chi connectivity index (χ4v) is 4.35. The van der Waals surface area contributed by atoms with Crippen molar-refractivity contribution in [2.24, 2.45) is 0 Å². The molecule has 1 unspecified atom stereocenters. The second-order valence-corrected chi connectivity index (χ2v) is 6.45. The zero-order chi connectivity index (χ0) is 14.2. The van der Waals surface area contributed by atoms with Crippen molar-refractivity contribution in [2.45, 2.75) is 44.0 Å². The number of carboxylic acids is 1. The van der Waals surface area contributed by atoms with Gasteiger partial charge in [0.1, 0.15) is 16.6 Å². The lowest BCUT2D eigenvalue weighted by Gasteiger charge is -2.31. The Bertz CT molecular complexity index is 573. The number of aromatic nitrogens is 1. The van der Waals surface area contributed by atoms with Gasteiger partial charge in [0.2, 0.25) is 10.0 Å². The first kappa shape index (κ1) is 14.0. The number of hydrogen-bond acceptors (Lipinski definition) is 5. The summed E-state index contributed by atoms with van der Waals surface area (Å²) in [5.41, 5.74) is 0.257. The molecule has 0 radical (unpaired) electrons. The van der Waals surface area contributed by atoms with Crippen molar-refractivity contribution >= 4 is 16.0 Å². The summed E-state index contributed by atoms with van der Waals surface area (Å²) in [5, 5.41) is 12.8. The number of piperidine rings is 1. The minimum atomic E-state index is -3.88. The molecule has 1 N–H and O–H groups in total. The summed E-state index contributed by atoms with van der Waals surface area (Å²) in [6.45, 7) is 3.25. The van der Waals surface area contributed by atoms with E-state index in [2.05, 4.69) is 5.16 Å². The first-order valence-corrected chi connectivity index (χ1v) is 7.47. The molecule has 1 aliphatic rings. The number of aliphatic carboxylic acids is 1. The summed E-state index contributed by atoms with van der Waals surface area (Å²) in [6.07, 6.45) is 1.70. The van der Waals surface area contributed by atoms with Crippen LogP contribution < -0.4 is 0 Å². The van der Waals surface area contributed by atoms with Crippen LogP contribution in [0.1, 0.15) is 30.7 Å². The minimum absolute atomic E-state index is 0.0133. The van der Waals surface area contributed by atoms with Crippen LogP contribution in [0.25, 0.3) is 0 Å². The van der Waals surface area contributed by atoms with Crippen molar-refractivity contribution in [1.29, 1.82) is 0 Å². The fraction of sp³-hybridized carbons (Fsp3) is 0.636. The van der Waals surface area contributed by atoms with E-state index in [1.165, 1.54) is 13.8 Å². The molecule has 1 fully saturated rings. The molecule has 0 saturated carbocycles. The van der Waals surface area contributed by atoms with Crippen LogP contribution in [0.3, 0.4) is 0 Å². The standard InChI is InChI=1S/C11H16N2O5S/c1-7-10(8(2)18-12-7)19(16,17)13-6-4-3-5-9(13)11(14)15/h9H,3-6H2,1-2H3,(H,14,15). The van der Waals surface area contributed by atoms with Crippen LogP contribution in [-0.2, 0) is 14.8 Å². The minimum Gasteiger partial charge on any atom is -0.480 e. The van der Waals surface area contributed by atoms with E-state index >= 15 is 0 Å². The van der Waals surface area contributed by atoms with E-state index in [1.807, 2.05) is 0 Å². The lowest BCUT2D eigenvalue weighted by Crippen LogP contribution is -2.48. The molecule has 2 rings (SSSR count). The topological polar surface area (TPSA) is 101 Å². The fourth-order valence-electron chi connectivity index (χ4n) is 2.40. The molecule has 19 heavy (non-hydrogen) atoms. The third-order valence-corrected chi connectivity index (χ3v) is 5.43. The number of carboxylic acid groups (broad SMARTS) is 1. The monoisotopic (exact) mass is 288 g/mol. The van der Waals surface area contributed by atoms with E-state index in [9.17, 15) is 13.2 Å². The van der Waals surface area contributed by atoms with Gasteiger partial charge in [-0.05, 0) is 33.1 Å². The van der Waals surface area contributed by atoms with Gasteiger partial charge in [-0.1, -0.05) is 5.16 Å². The van der Waals surface area contributed by atoms with Crippen LogP contribution in [0.15, 0.2) is 9.42 Å². The van der Waals surface area contributed by atoms with Crippen molar-refractivity contribution in [1.82, 2.24) is 9.46 Å². The van der Waals surface area contributed by atoms with Crippen molar-refractivity contribution < 1.29 is 22.8 Å². The van der Waals surface area contributed by atoms with Crippen molar-refractivity contribution in [2.75, 3.05) is 6.54 Å². The van der Waals surface area contributed by atoms with Crippen molar-refractivity contribution in [3.63, 3.8) is 0 Å². The van der Waals surface area contributed by atoms with E-state index in [1.54, 1.807) is 0 Å². The first-order chi connectivity index (χ1) is 8.85. The van der Waals surface area contributed by atoms with E-state index in [0.29, 0.717) is 19.3 Å². The Morgan fingerprint density at radius 3 is 2.63 bits per heavy atom. The Labute approximate surface area is 111 Å². The average molecular weight is 288 g/mol. The first-order valence-electron chi connectivity index (χ1n) is 6.03. The zero-order valence-corrected chi connectivity index (χ0v) is 11.6. The quantitative estimate of drug-likeness (QED) is 0.887. The van der Waals surface area contributed by atoms with Gasteiger partial charge in [-0.2, -0.15) is 4.31 Å². The van der Waals surface area contributed by atoms with Crippen LogP contribution in [-0.4, -0.2) is 41.5 Å². The van der Waals surface area contributed by atoms with Gasteiger partial charge in [0.05, 0.1) is 0 Å². The predicted molar refractivity (Wildman–Crippen MR) is 65.1 cm³/mol. The van der Waals surface area contributed by atoms with Crippen LogP contribution >= 0.6 is 0 Å².